The fourth-order valence-corrected chi connectivity index (χ4v) is 0.367. The first-order valence-electron chi connectivity index (χ1n) is 1.89. The summed E-state index contributed by atoms with van der Waals surface area (Å²) in [6.07, 6.45) is 1.70. The molecule has 0 saturated heterocycles. The molecular formula is C3H7N3. The second-order valence-corrected chi connectivity index (χ2v) is 1.27. The van der Waals surface area contributed by atoms with Gasteiger partial charge in [0.1, 0.15) is 0 Å². The molecule has 0 spiro atoms. The van der Waals surface area contributed by atoms with Crippen LogP contribution in [-0.2, 0) is 0 Å². The molecule has 34 valence electrons. The van der Waals surface area contributed by atoms with E-state index in [1.54, 1.807) is 6.34 Å². The molecule has 0 radical (unpaired) electrons. The standard InChI is InChI=1S/C3H7N3/c4-3-1-5-2-6-3/h2-3H,1,4H2,(H,5,6)/t3-/m1/s1. The summed E-state index contributed by atoms with van der Waals surface area (Å²) >= 11 is 0. The van der Waals surface area contributed by atoms with Gasteiger partial charge < -0.3 is 11.1 Å². The van der Waals surface area contributed by atoms with E-state index in [-0.39, 0.29) is 6.17 Å². The van der Waals surface area contributed by atoms with E-state index < -0.39 is 0 Å². The Morgan fingerprint density at radius 3 is 3.00 bits per heavy atom. The third kappa shape index (κ3) is 0.490. The quantitative estimate of drug-likeness (QED) is 0.392. The Labute approximate surface area is 36.2 Å². The third-order valence-electron chi connectivity index (χ3n) is 0.682. The highest BCUT2D eigenvalue weighted by atomic mass is 15.1. The van der Waals surface area contributed by atoms with E-state index in [9.17, 15) is 0 Å². The maximum atomic E-state index is 5.30. The molecule has 1 aliphatic heterocycles. The lowest BCUT2D eigenvalue weighted by molar-refractivity contribution is 0.694. The smallest absolute Gasteiger partial charge is 0.0951 e. The van der Waals surface area contributed by atoms with Gasteiger partial charge in [-0.1, -0.05) is 0 Å². The van der Waals surface area contributed by atoms with Crippen LogP contribution in [0.5, 0.6) is 0 Å². The van der Waals surface area contributed by atoms with Crippen LogP contribution in [0.1, 0.15) is 0 Å². The summed E-state index contributed by atoms with van der Waals surface area (Å²) in [4.78, 5) is 3.80. The maximum absolute atomic E-state index is 5.30. The lowest BCUT2D eigenvalue weighted by atomic mass is 10.6. The molecule has 1 aliphatic rings. The van der Waals surface area contributed by atoms with Crippen LogP contribution < -0.4 is 11.1 Å². The molecule has 0 saturated carbocycles. The minimum absolute atomic E-state index is 0.0741. The van der Waals surface area contributed by atoms with Crippen molar-refractivity contribution in [3.8, 4) is 0 Å². The van der Waals surface area contributed by atoms with Crippen molar-refractivity contribution in [1.29, 1.82) is 0 Å². The normalized spacial score (nSPS) is 30.5. The van der Waals surface area contributed by atoms with Gasteiger partial charge in [-0.2, -0.15) is 0 Å². The third-order valence-corrected chi connectivity index (χ3v) is 0.682. The molecule has 0 aromatic carbocycles. The number of hydrogen-bond acceptors (Lipinski definition) is 3. The van der Waals surface area contributed by atoms with Gasteiger partial charge in [0.05, 0.1) is 19.0 Å². The van der Waals surface area contributed by atoms with Gasteiger partial charge in [-0.25, -0.2) is 0 Å². The predicted octanol–water partition coefficient (Wildman–Crippen LogP) is -1.10. The Morgan fingerprint density at radius 1 is 2.00 bits per heavy atom. The number of hydrogen-bond donors (Lipinski definition) is 2. The van der Waals surface area contributed by atoms with Gasteiger partial charge in [-0.3, -0.25) is 4.99 Å². The molecule has 1 rings (SSSR count). The van der Waals surface area contributed by atoms with Crippen molar-refractivity contribution in [1.82, 2.24) is 5.32 Å². The molecule has 0 aromatic rings. The number of aliphatic imine (C=N–C) groups is 1. The Balaban J connectivity index is 2.32. The Bertz CT molecular complexity index is 60.4. The van der Waals surface area contributed by atoms with Crippen LogP contribution in [0.4, 0.5) is 0 Å². The molecule has 0 aromatic heterocycles. The SMILES string of the molecule is N[C@H]1CN=CN1. The molecule has 0 aliphatic carbocycles. The summed E-state index contributed by atoms with van der Waals surface area (Å²) in [5.74, 6) is 0. The Hall–Kier alpha value is -0.570. The van der Waals surface area contributed by atoms with E-state index in [2.05, 4.69) is 10.3 Å². The maximum Gasteiger partial charge on any atom is 0.0951 e. The van der Waals surface area contributed by atoms with E-state index >= 15 is 0 Å². The average Bonchev–Trinajstić information content (AvgIpc) is 1.86. The number of nitrogens with zero attached hydrogens (tertiary/aromatic N) is 1. The van der Waals surface area contributed by atoms with Crippen LogP contribution in [0.15, 0.2) is 4.99 Å². The van der Waals surface area contributed by atoms with Crippen LogP contribution in [0.25, 0.3) is 0 Å². The molecule has 6 heavy (non-hydrogen) atoms. The zero-order valence-corrected chi connectivity index (χ0v) is 3.39. The largest absolute Gasteiger partial charge is 0.360 e. The van der Waals surface area contributed by atoms with Crippen LogP contribution in [0.2, 0.25) is 0 Å². The van der Waals surface area contributed by atoms with Crippen LogP contribution >= 0.6 is 0 Å². The molecule has 3 heteroatoms. The Morgan fingerprint density at radius 2 is 2.83 bits per heavy atom. The fraction of sp³-hybridized carbons (Fsp3) is 0.667. The van der Waals surface area contributed by atoms with Gasteiger partial charge in [0.25, 0.3) is 0 Å². The van der Waals surface area contributed by atoms with E-state index in [0.717, 1.165) is 6.54 Å². The lowest BCUT2D eigenvalue weighted by Gasteiger charge is -1.95. The number of nitrogens with two attached hydrogens (primary N) is 1. The summed E-state index contributed by atoms with van der Waals surface area (Å²) in [5.41, 5.74) is 5.30. The fourth-order valence-electron chi connectivity index (χ4n) is 0.367. The van der Waals surface area contributed by atoms with Crippen molar-refractivity contribution in [2.75, 3.05) is 6.54 Å². The summed E-state index contributed by atoms with van der Waals surface area (Å²) in [7, 11) is 0. The molecule has 3 nitrogen and oxygen atoms in total. The van der Waals surface area contributed by atoms with E-state index in [4.69, 9.17) is 5.73 Å². The summed E-state index contributed by atoms with van der Waals surface area (Å²) in [6, 6.07) is 0. The zero-order chi connectivity index (χ0) is 4.41. The topological polar surface area (TPSA) is 50.4 Å². The second-order valence-electron chi connectivity index (χ2n) is 1.27. The summed E-state index contributed by atoms with van der Waals surface area (Å²) in [5, 5.41) is 2.81. The van der Waals surface area contributed by atoms with Gasteiger partial charge in [0.15, 0.2) is 0 Å². The highest BCUT2D eigenvalue weighted by Crippen LogP contribution is 1.77. The van der Waals surface area contributed by atoms with Crippen molar-refractivity contribution in [3.63, 3.8) is 0 Å². The van der Waals surface area contributed by atoms with Crippen LogP contribution in [0, 0.1) is 0 Å². The first-order valence-corrected chi connectivity index (χ1v) is 1.89. The first kappa shape index (κ1) is 3.61. The van der Waals surface area contributed by atoms with Gasteiger partial charge in [0.2, 0.25) is 0 Å². The average molecular weight is 85.1 g/mol. The van der Waals surface area contributed by atoms with Gasteiger partial charge in [-0.05, 0) is 0 Å². The van der Waals surface area contributed by atoms with Crippen LogP contribution in [0.3, 0.4) is 0 Å². The molecule has 1 heterocycles. The molecular weight excluding hydrogens is 78.1 g/mol. The molecule has 0 bridgehead atoms. The molecule has 1 atom stereocenters. The first-order chi connectivity index (χ1) is 2.89. The second kappa shape index (κ2) is 1.26. The number of nitrogens with one attached hydrogen (secondary N) is 1. The number of rotatable bonds is 0. The van der Waals surface area contributed by atoms with Crippen molar-refractivity contribution >= 4 is 6.34 Å². The zero-order valence-electron chi connectivity index (χ0n) is 3.39. The van der Waals surface area contributed by atoms with Crippen LogP contribution in [-0.4, -0.2) is 19.0 Å². The van der Waals surface area contributed by atoms with Crippen molar-refractivity contribution in [2.24, 2.45) is 10.7 Å². The van der Waals surface area contributed by atoms with Gasteiger partial charge in [0, 0.05) is 0 Å². The Kier molecular flexibility index (Phi) is 0.759. The molecule has 0 amide bonds. The minimum atomic E-state index is 0.0741. The monoisotopic (exact) mass is 85.1 g/mol. The van der Waals surface area contributed by atoms with Crippen molar-refractivity contribution in [2.45, 2.75) is 6.17 Å². The highest BCUT2D eigenvalue weighted by molar-refractivity contribution is 5.56. The highest BCUT2D eigenvalue weighted by Gasteiger charge is 1.99. The lowest BCUT2D eigenvalue weighted by Crippen LogP contribution is -2.33. The van der Waals surface area contributed by atoms with Gasteiger partial charge >= 0.3 is 0 Å². The van der Waals surface area contributed by atoms with Crippen molar-refractivity contribution in [3.05, 3.63) is 0 Å². The van der Waals surface area contributed by atoms with E-state index in [1.807, 2.05) is 0 Å². The van der Waals surface area contributed by atoms with E-state index in [0.29, 0.717) is 0 Å². The molecule has 0 unspecified atom stereocenters. The summed E-state index contributed by atoms with van der Waals surface area (Å²) < 4.78 is 0. The molecule has 0 fully saturated rings. The molecule has 3 N–H and O–H groups in total. The summed E-state index contributed by atoms with van der Waals surface area (Å²) in [6.45, 7) is 0.722. The minimum Gasteiger partial charge on any atom is -0.360 e. The van der Waals surface area contributed by atoms with Gasteiger partial charge in [-0.15, -0.1) is 0 Å². The predicted molar refractivity (Wildman–Crippen MR) is 24.5 cm³/mol. The van der Waals surface area contributed by atoms with E-state index in [1.165, 1.54) is 0 Å². The van der Waals surface area contributed by atoms with Crippen molar-refractivity contribution < 1.29 is 0 Å².